The van der Waals surface area contributed by atoms with Crippen LogP contribution in [-0.2, 0) is 6.54 Å². The summed E-state index contributed by atoms with van der Waals surface area (Å²) in [5.74, 6) is 1.72. The molecule has 1 aromatic carbocycles. The first-order valence-corrected chi connectivity index (χ1v) is 7.31. The summed E-state index contributed by atoms with van der Waals surface area (Å²) in [6, 6.07) is 4.31. The summed E-state index contributed by atoms with van der Waals surface area (Å²) >= 11 is 3.47. The number of halogens is 1. The molecule has 0 aromatic heterocycles. The Labute approximate surface area is 123 Å². The predicted octanol–water partition coefficient (Wildman–Crippen LogP) is 2.39. The van der Waals surface area contributed by atoms with Gasteiger partial charge < -0.3 is 15.2 Å². The molecule has 106 valence electrons. The zero-order valence-electron chi connectivity index (χ0n) is 11.5. The lowest BCUT2D eigenvalue weighted by Gasteiger charge is -2.30. The first-order chi connectivity index (χ1) is 9.13. The standard InChI is InChI=1S/C14H21BrN2O2/c1-18-13-7-10(15)8-14(19-2)12(13)9-17-5-3-11(16)4-6-17/h7-8,11H,3-6,9,16H2,1-2H3. The molecule has 1 heterocycles. The highest BCUT2D eigenvalue weighted by Crippen LogP contribution is 2.34. The van der Waals surface area contributed by atoms with E-state index in [1.807, 2.05) is 12.1 Å². The van der Waals surface area contributed by atoms with Crippen LogP contribution in [0, 0.1) is 0 Å². The molecule has 0 aliphatic carbocycles. The lowest BCUT2D eigenvalue weighted by molar-refractivity contribution is 0.201. The number of hydrogen-bond donors (Lipinski definition) is 1. The number of hydrogen-bond acceptors (Lipinski definition) is 4. The molecule has 1 fully saturated rings. The van der Waals surface area contributed by atoms with E-state index in [4.69, 9.17) is 15.2 Å². The average Bonchev–Trinajstić information content (AvgIpc) is 2.42. The predicted molar refractivity (Wildman–Crippen MR) is 79.7 cm³/mol. The zero-order chi connectivity index (χ0) is 13.8. The lowest BCUT2D eigenvalue weighted by atomic mass is 10.0. The van der Waals surface area contributed by atoms with Crippen molar-refractivity contribution in [3.63, 3.8) is 0 Å². The van der Waals surface area contributed by atoms with Crippen molar-refractivity contribution in [2.45, 2.75) is 25.4 Å². The number of nitrogens with two attached hydrogens (primary N) is 1. The number of methoxy groups -OCH3 is 2. The van der Waals surface area contributed by atoms with Crippen molar-refractivity contribution in [1.29, 1.82) is 0 Å². The fourth-order valence-corrected chi connectivity index (χ4v) is 2.86. The molecule has 2 N–H and O–H groups in total. The van der Waals surface area contributed by atoms with Gasteiger partial charge in [-0.2, -0.15) is 0 Å². The van der Waals surface area contributed by atoms with E-state index in [1.54, 1.807) is 14.2 Å². The summed E-state index contributed by atoms with van der Waals surface area (Å²) in [7, 11) is 3.38. The van der Waals surface area contributed by atoms with Crippen LogP contribution in [0.5, 0.6) is 11.5 Å². The second-order valence-electron chi connectivity index (χ2n) is 4.90. The largest absolute Gasteiger partial charge is 0.496 e. The minimum absolute atomic E-state index is 0.352. The fourth-order valence-electron chi connectivity index (χ4n) is 2.44. The molecular weight excluding hydrogens is 308 g/mol. The van der Waals surface area contributed by atoms with E-state index in [-0.39, 0.29) is 0 Å². The Bertz CT molecular complexity index is 406. The molecule has 0 spiro atoms. The summed E-state index contributed by atoms with van der Waals surface area (Å²) in [4.78, 5) is 2.40. The van der Waals surface area contributed by atoms with E-state index >= 15 is 0 Å². The van der Waals surface area contributed by atoms with Gasteiger partial charge in [0.2, 0.25) is 0 Å². The van der Waals surface area contributed by atoms with Crippen molar-refractivity contribution < 1.29 is 9.47 Å². The monoisotopic (exact) mass is 328 g/mol. The number of piperidine rings is 1. The van der Waals surface area contributed by atoms with Crippen LogP contribution in [0.4, 0.5) is 0 Å². The molecule has 0 bridgehead atoms. The smallest absolute Gasteiger partial charge is 0.128 e. The molecular formula is C14H21BrN2O2. The van der Waals surface area contributed by atoms with Gasteiger partial charge in [0.25, 0.3) is 0 Å². The van der Waals surface area contributed by atoms with Crippen LogP contribution in [0.2, 0.25) is 0 Å². The van der Waals surface area contributed by atoms with Crippen LogP contribution < -0.4 is 15.2 Å². The van der Waals surface area contributed by atoms with Gasteiger partial charge in [-0.15, -0.1) is 0 Å². The average molecular weight is 329 g/mol. The van der Waals surface area contributed by atoms with Crippen molar-refractivity contribution in [1.82, 2.24) is 4.90 Å². The Morgan fingerprint density at radius 1 is 1.21 bits per heavy atom. The number of rotatable bonds is 4. The van der Waals surface area contributed by atoms with Crippen LogP contribution in [0.15, 0.2) is 16.6 Å². The van der Waals surface area contributed by atoms with Gasteiger partial charge in [-0.25, -0.2) is 0 Å². The van der Waals surface area contributed by atoms with E-state index < -0.39 is 0 Å². The minimum Gasteiger partial charge on any atom is -0.496 e. The summed E-state index contributed by atoms with van der Waals surface area (Å²) < 4.78 is 11.9. The van der Waals surface area contributed by atoms with Gasteiger partial charge in [-0.1, -0.05) is 15.9 Å². The maximum Gasteiger partial charge on any atom is 0.128 e. The van der Waals surface area contributed by atoms with Crippen LogP contribution in [0.3, 0.4) is 0 Å². The zero-order valence-corrected chi connectivity index (χ0v) is 13.1. The summed E-state index contributed by atoms with van der Waals surface area (Å²) in [5.41, 5.74) is 7.04. The molecule has 1 saturated heterocycles. The van der Waals surface area contributed by atoms with Crippen LogP contribution in [0.1, 0.15) is 18.4 Å². The molecule has 5 heteroatoms. The van der Waals surface area contributed by atoms with Gasteiger partial charge in [0.15, 0.2) is 0 Å². The number of benzene rings is 1. The van der Waals surface area contributed by atoms with E-state index in [0.29, 0.717) is 6.04 Å². The molecule has 1 aromatic rings. The summed E-state index contributed by atoms with van der Waals surface area (Å²) in [6.45, 7) is 2.90. The van der Waals surface area contributed by atoms with Crippen molar-refractivity contribution in [2.75, 3.05) is 27.3 Å². The normalized spacial score (nSPS) is 17.5. The molecule has 1 aliphatic rings. The van der Waals surface area contributed by atoms with E-state index in [0.717, 1.165) is 54.0 Å². The van der Waals surface area contributed by atoms with Crippen LogP contribution >= 0.6 is 15.9 Å². The Balaban J connectivity index is 2.18. The third kappa shape index (κ3) is 3.61. The molecule has 0 unspecified atom stereocenters. The highest BCUT2D eigenvalue weighted by molar-refractivity contribution is 9.10. The van der Waals surface area contributed by atoms with Crippen molar-refractivity contribution >= 4 is 15.9 Å². The van der Waals surface area contributed by atoms with Crippen molar-refractivity contribution in [3.8, 4) is 11.5 Å². The van der Waals surface area contributed by atoms with E-state index in [9.17, 15) is 0 Å². The molecule has 19 heavy (non-hydrogen) atoms. The van der Waals surface area contributed by atoms with E-state index in [2.05, 4.69) is 20.8 Å². The topological polar surface area (TPSA) is 47.7 Å². The van der Waals surface area contributed by atoms with Crippen molar-refractivity contribution in [2.24, 2.45) is 5.73 Å². The summed E-state index contributed by atoms with van der Waals surface area (Å²) in [6.07, 6.45) is 2.11. The Kier molecular flexibility index (Phi) is 5.07. The Hall–Kier alpha value is -0.780. The van der Waals surface area contributed by atoms with Crippen LogP contribution in [0.25, 0.3) is 0 Å². The maximum atomic E-state index is 5.94. The van der Waals surface area contributed by atoms with Gasteiger partial charge in [0.1, 0.15) is 11.5 Å². The number of likely N-dealkylation sites (tertiary alicyclic amines) is 1. The molecule has 0 atom stereocenters. The van der Waals surface area contributed by atoms with Crippen LogP contribution in [-0.4, -0.2) is 38.3 Å². The maximum absolute atomic E-state index is 5.94. The Morgan fingerprint density at radius 3 is 2.21 bits per heavy atom. The Morgan fingerprint density at radius 2 is 1.74 bits per heavy atom. The molecule has 2 rings (SSSR count). The van der Waals surface area contributed by atoms with Gasteiger partial charge in [-0.3, -0.25) is 4.90 Å². The third-order valence-electron chi connectivity index (χ3n) is 3.59. The lowest BCUT2D eigenvalue weighted by Crippen LogP contribution is -2.39. The molecule has 0 amide bonds. The quantitative estimate of drug-likeness (QED) is 0.921. The first kappa shape index (κ1) is 14.6. The third-order valence-corrected chi connectivity index (χ3v) is 4.04. The highest BCUT2D eigenvalue weighted by atomic mass is 79.9. The van der Waals surface area contributed by atoms with E-state index in [1.165, 1.54) is 0 Å². The van der Waals surface area contributed by atoms with Crippen molar-refractivity contribution in [3.05, 3.63) is 22.2 Å². The molecule has 0 saturated carbocycles. The van der Waals surface area contributed by atoms with Gasteiger partial charge in [0.05, 0.1) is 19.8 Å². The molecule has 0 radical (unpaired) electrons. The second-order valence-corrected chi connectivity index (χ2v) is 5.82. The number of nitrogens with zero attached hydrogens (tertiary/aromatic N) is 1. The van der Waals surface area contributed by atoms with Gasteiger partial charge >= 0.3 is 0 Å². The fraction of sp³-hybridized carbons (Fsp3) is 0.571. The number of ether oxygens (including phenoxy) is 2. The highest BCUT2D eigenvalue weighted by Gasteiger charge is 2.20. The molecule has 1 aliphatic heterocycles. The molecule has 4 nitrogen and oxygen atoms in total. The SMILES string of the molecule is COc1cc(Br)cc(OC)c1CN1CCC(N)CC1. The first-order valence-electron chi connectivity index (χ1n) is 6.52. The minimum atomic E-state index is 0.352. The summed E-state index contributed by atoms with van der Waals surface area (Å²) in [5, 5.41) is 0. The van der Waals surface area contributed by atoms with Gasteiger partial charge in [-0.05, 0) is 38.1 Å². The second kappa shape index (κ2) is 6.59. The van der Waals surface area contributed by atoms with Gasteiger partial charge in [0, 0.05) is 17.1 Å².